The zero-order valence-corrected chi connectivity index (χ0v) is 16.9. The van der Waals surface area contributed by atoms with E-state index in [0.717, 1.165) is 22.6 Å². The first-order chi connectivity index (χ1) is 12.3. The van der Waals surface area contributed by atoms with Gasteiger partial charge in [0.15, 0.2) is 4.34 Å². The molecule has 2 N–H and O–H groups in total. The lowest BCUT2D eigenvalue weighted by atomic mass is 9.88. The van der Waals surface area contributed by atoms with Gasteiger partial charge in [-0.2, -0.15) is 0 Å². The summed E-state index contributed by atoms with van der Waals surface area (Å²) in [4.78, 5) is 14.9. The molecule has 26 heavy (non-hydrogen) atoms. The first kappa shape index (κ1) is 18.7. The molecular weight excluding hydrogens is 368 g/mol. The number of nitrogens with zero attached hydrogens (tertiary/aromatic N) is 3. The van der Waals surface area contributed by atoms with E-state index in [4.69, 9.17) is 10.5 Å². The number of hydrogen-bond acceptors (Lipinski definition) is 7. The van der Waals surface area contributed by atoms with Crippen molar-refractivity contribution < 1.29 is 9.53 Å². The summed E-state index contributed by atoms with van der Waals surface area (Å²) in [5.74, 6) is 1.10. The third-order valence-corrected chi connectivity index (χ3v) is 5.95. The summed E-state index contributed by atoms with van der Waals surface area (Å²) in [6.07, 6.45) is 2.12. The van der Waals surface area contributed by atoms with Crippen molar-refractivity contribution in [2.45, 2.75) is 37.6 Å². The molecule has 0 unspecified atom stereocenters. The third-order valence-electron chi connectivity index (χ3n) is 4.08. The lowest BCUT2D eigenvalue weighted by molar-refractivity contribution is -0.116. The van der Waals surface area contributed by atoms with E-state index in [1.165, 1.54) is 23.1 Å². The molecular formula is C18H22N4O2S2. The normalized spacial score (nSPS) is 15.4. The summed E-state index contributed by atoms with van der Waals surface area (Å²) in [6, 6.07) is 5.87. The molecule has 1 aromatic carbocycles. The van der Waals surface area contributed by atoms with Gasteiger partial charge in [0.1, 0.15) is 5.75 Å². The number of nitrogens with two attached hydrogens (primary N) is 1. The molecule has 0 bridgehead atoms. The lowest BCUT2D eigenvalue weighted by Crippen LogP contribution is -2.49. The molecule has 0 saturated carbocycles. The molecule has 1 amide bonds. The van der Waals surface area contributed by atoms with Crippen molar-refractivity contribution in [3.63, 3.8) is 0 Å². The maximum absolute atomic E-state index is 13.0. The zero-order valence-electron chi connectivity index (χ0n) is 15.3. The number of carbonyl (C=O) groups is 1. The van der Waals surface area contributed by atoms with Crippen LogP contribution in [0.25, 0.3) is 5.57 Å². The average molecular weight is 391 g/mol. The van der Waals surface area contributed by atoms with Crippen molar-refractivity contribution in [2.75, 3.05) is 23.0 Å². The minimum absolute atomic E-state index is 0.0166. The molecule has 0 radical (unpaired) electrons. The third kappa shape index (κ3) is 3.71. The molecule has 0 fully saturated rings. The van der Waals surface area contributed by atoms with Crippen molar-refractivity contribution in [2.24, 2.45) is 0 Å². The van der Waals surface area contributed by atoms with Gasteiger partial charge in [-0.1, -0.05) is 29.2 Å². The maximum atomic E-state index is 13.0. The standard InChI is InChI=1S/C18H22N4O2S2/c1-5-24-12-6-7-14-13(8-12)11(2)9-18(3,4)22(14)15(23)10-25-17-21-20-16(19)26-17/h6-9H,5,10H2,1-4H3,(H2,19,20). The average Bonchev–Trinajstić information content (AvgIpc) is 2.98. The van der Waals surface area contributed by atoms with E-state index in [2.05, 4.69) is 23.2 Å². The smallest absolute Gasteiger partial charge is 0.238 e. The molecule has 1 aliphatic heterocycles. The zero-order chi connectivity index (χ0) is 18.9. The summed E-state index contributed by atoms with van der Waals surface area (Å²) < 4.78 is 6.31. The molecule has 0 aliphatic carbocycles. The highest BCUT2D eigenvalue weighted by atomic mass is 32.2. The summed E-state index contributed by atoms with van der Waals surface area (Å²) in [5, 5.41) is 8.16. The van der Waals surface area contributed by atoms with Gasteiger partial charge in [0.2, 0.25) is 11.0 Å². The second kappa shape index (κ2) is 7.28. The fourth-order valence-corrected chi connectivity index (χ4v) is 4.67. The van der Waals surface area contributed by atoms with Crippen LogP contribution in [0, 0.1) is 0 Å². The summed E-state index contributed by atoms with van der Waals surface area (Å²) >= 11 is 2.65. The van der Waals surface area contributed by atoms with Crippen molar-refractivity contribution in [1.82, 2.24) is 10.2 Å². The van der Waals surface area contributed by atoms with Crippen LogP contribution in [0.5, 0.6) is 5.75 Å². The monoisotopic (exact) mass is 390 g/mol. The predicted molar refractivity (Wildman–Crippen MR) is 108 cm³/mol. The van der Waals surface area contributed by atoms with E-state index in [1.807, 2.05) is 43.9 Å². The van der Waals surface area contributed by atoms with E-state index in [9.17, 15) is 4.79 Å². The van der Waals surface area contributed by atoms with E-state index >= 15 is 0 Å². The molecule has 0 atom stereocenters. The van der Waals surface area contributed by atoms with Crippen LogP contribution in [0.2, 0.25) is 0 Å². The number of anilines is 2. The van der Waals surface area contributed by atoms with Crippen LogP contribution in [0.1, 0.15) is 33.3 Å². The van der Waals surface area contributed by atoms with Crippen LogP contribution in [-0.4, -0.2) is 34.0 Å². The number of amides is 1. The van der Waals surface area contributed by atoms with E-state index < -0.39 is 5.54 Å². The number of hydrogen-bond donors (Lipinski definition) is 1. The Morgan fingerprint density at radius 3 is 2.81 bits per heavy atom. The molecule has 2 aromatic rings. The Hall–Kier alpha value is -2.06. The minimum Gasteiger partial charge on any atom is -0.494 e. The van der Waals surface area contributed by atoms with Crippen LogP contribution in [0.4, 0.5) is 10.8 Å². The Morgan fingerprint density at radius 1 is 1.38 bits per heavy atom. The van der Waals surface area contributed by atoms with Crippen LogP contribution in [-0.2, 0) is 4.79 Å². The summed E-state index contributed by atoms with van der Waals surface area (Å²) in [5.41, 5.74) is 8.25. The van der Waals surface area contributed by atoms with Gasteiger partial charge in [-0.3, -0.25) is 4.79 Å². The van der Waals surface area contributed by atoms with Gasteiger partial charge in [0.25, 0.3) is 0 Å². The number of aromatic nitrogens is 2. The summed E-state index contributed by atoms with van der Waals surface area (Å²) in [6.45, 7) is 8.72. The number of allylic oxidation sites excluding steroid dienone is 1. The predicted octanol–water partition coefficient (Wildman–Crippen LogP) is 3.84. The molecule has 3 rings (SSSR count). The van der Waals surface area contributed by atoms with Crippen molar-refractivity contribution >= 4 is 45.4 Å². The number of nitrogen functional groups attached to an aromatic ring is 1. The van der Waals surface area contributed by atoms with E-state index in [0.29, 0.717) is 16.1 Å². The van der Waals surface area contributed by atoms with Gasteiger partial charge < -0.3 is 15.4 Å². The van der Waals surface area contributed by atoms with Crippen molar-refractivity contribution in [3.8, 4) is 5.75 Å². The minimum atomic E-state index is -0.415. The molecule has 0 spiro atoms. The first-order valence-corrected chi connectivity index (χ1v) is 10.1. The number of fused-ring (bicyclic) bond motifs is 1. The van der Waals surface area contributed by atoms with E-state index in [-0.39, 0.29) is 11.7 Å². The number of carbonyl (C=O) groups excluding carboxylic acids is 1. The quantitative estimate of drug-likeness (QED) is 0.781. The highest BCUT2D eigenvalue weighted by Crippen LogP contribution is 2.41. The van der Waals surface area contributed by atoms with Gasteiger partial charge in [-0.25, -0.2) is 0 Å². The maximum Gasteiger partial charge on any atom is 0.238 e. The fraction of sp³-hybridized carbons (Fsp3) is 0.389. The molecule has 6 nitrogen and oxygen atoms in total. The largest absolute Gasteiger partial charge is 0.494 e. The Bertz CT molecular complexity index is 861. The number of ether oxygens (including phenoxy) is 1. The molecule has 1 aromatic heterocycles. The van der Waals surface area contributed by atoms with Crippen LogP contribution in [0.15, 0.2) is 28.6 Å². The second-order valence-electron chi connectivity index (χ2n) is 6.52. The van der Waals surface area contributed by atoms with Gasteiger partial charge in [-0.15, -0.1) is 10.2 Å². The Morgan fingerprint density at radius 2 is 2.15 bits per heavy atom. The second-order valence-corrected chi connectivity index (χ2v) is 8.75. The molecule has 1 aliphatic rings. The number of thioether (sulfide) groups is 1. The van der Waals surface area contributed by atoms with Gasteiger partial charge in [0.05, 0.1) is 23.6 Å². The molecule has 2 heterocycles. The highest BCUT2D eigenvalue weighted by Gasteiger charge is 2.35. The molecule has 8 heteroatoms. The van der Waals surface area contributed by atoms with Gasteiger partial charge >= 0.3 is 0 Å². The molecule has 138 valence electrons. The van der Waals surface area contributed by atoms with Gasteiger partial charge in [-0.05, 0) is 51.5 Å². The fourth-order valence-electron chi connectivity index (χ4n) is 3.19. The Balaban J connectivity index is 1.89. The summed E-state index contributed by atoms with van der Waals surface area (Å²) in [7, 11) is 0. The number of benzene rings is 1. The SMILES string of the molecule is CCOc1ccc2c(c1)C(C)=CC(C)(C)N2C(=O)CSc1nnc(N)s1. The van der Waals surface area contributed by atoms with Crippen LogP contribution < -0.4 is 15.4 Å². The van der Waals surface area contributed by atoms with Crippen molar-refractivity contribution in [1.29, 1.82) is 0 Å². The van der Waals surface area contributed by atoms with Crippen LogP contribution in [0.3, 0.4) is 0 Å². The van der Waals surface area contributed by atoms with Gasteiger partial charge in [0, 0.05) is 5.56 Å². The first-order valence-electron chi connectivity index (χ1n) is 8.33. The Kier molecular flexibility index (Phi) is 5.24. The topological polar surface area (TPSA) is 81.3 Å². The number of rotatable bonds is 5. The Labute approximate surface area is 161 Å². The van der Waals surface area contributed by atoms with Crippen molar-refractivity contribution in [3.05, 3.63) is 29.8 Å². The lowest BCUT2D eigenvalue weighted by Gasteiger charge is -2.41. The van der Waals surface area contributed by atoms with E-state index in [1.54, 1.807) is 0 Å². The highest BCUT2D eigenvalue weighted by molar-refractivity contribution is 8.01. The van der Waals surface area contributed by atoms with Crippen LogP contribution >= 0.6 is 23.1 Å². The molecule has 0 saturated heterocycles.